The number of hydrogen-bond acceptors (Lipinski definition) is 3. The molecule has 118 valence electrons. The van der Waals surface area contributed by atoms with E-state index in [1.807, 2.05) is 20.8 Å². The van der Waals surface area contributed by atoms with Crippen molar-refractivity contribution in [1.82, 2.24) is 0 Å². The van der Waals surface area contributed by atoms with Crippen molar-refractivity contribution in [3.05, 3.63) is 35.4 Å². The quantitative estimate of drug-likeness (QED) is 0.868. The lowest BCUT2D eigenvalue weighted by Crippen LogP contribution is -2.42. The largest absolute Gasteiger partial charge is 0.469 e. The fourth-order valence-electron chi connectivity index (χ4n) is 2.19. The third-order valence-electron chi connectivity index (χ3n) is 3.65. The van der Waals surface area contributed by atoms with Crippen LogP contribution in [-0.2, 0) is 20.5 Å². The third-order valence-corrected chi connectivity index (χ3v) is 3.65. The number of alkyl halides is 2. The molecule has 21 heavy (non-hydrogen) atoms. The molecule has 5 heteroatoms. The van der Waals surface area contributed by atoms with Gasteiger partial charge in [-0.1, -0.05) is 45.0 Å². The maximum absolute atomic E-state index is 13.1. The van der Waals surface area contributed by atoms with Crippen LogP contribution in [-0.4, -0.2) is 24.6 Å². The van der Waals surface area contributed by atoms with Crippen molar-refractivity contribution in [2.45, 2.75) is 45.1 Å². The molecule has 0 radical (unpaired) electrons. The van der Waals surface area contributed by atoms with E-state index < -0.39 is 23.9 Å². The first-order chi connectivity index (χ1) is 9.51. The summed E-state index contributed by atoms with van der Waals surface area (Å²) in [7, 11) is 1.02. The van der Waals surface area contributed by atoms with E-state index in [4.69, 9.17) is 0 Å². The van der Waals surface area contributed by atoms with Crippen LogP contribution in [0.3, 0.4) is 0 Å². The van der Waals surface area contributed by atoms with E-state index in [0.717, 1.165) is 12.7 Å². The molecule has 0 heterocycles. The van der Waals surface area contributed by atoms with Gasteiger partial charge in [0.15, 0.2) is 0 Å². The first-order valence-electron chi connectivity index (χ1n) is 6.71. The van der Waals surface area contributed by atoms with Crippen molar-refractivity contribution >= 4 is 5.97 Å². The average Bonchev–Trinajstić information content (AvgIpc) is 2.37. The SMILES string of the molecule is COC(=O)C(C(F)F)C(C)(O)c1ccc(C(C)(C)C)cc1. The molecule has 0 amide bonds. The number of rotatable bonds is 4. The zero-order valence-corrected chi connectivity index (χ0v) is 13.0. The highest BCUT2D eigenvalue weighted by molar-refractivity contribution is 5.74. The summed E-state index contributed by atoms with van der Waals surface area (Å²) < 4.78 is 30.6. The number of methoxy groups -OCH3 is 1. The Morgan fingerprint density at radius 1 is 1.10 bits per heavy atom. The molecule has 0 aliphatic carbocycles. The Morgan fingerprint density at radius 2 is 1.52 bits per heavy atom. The molecule has 0 aliphatic heterocycles. The number of halogens is 2. The van der Waals surface area contributed by atoms with Gasteiger partial charge in [-0.3, -0.25) is 4.79 Å². The highest BCUT2D eigenvalue weighted by atomic mass is 19.3. The molecule has 2 atom stereocenters. The second-order valence-electron chi connectivity index (χ2n) is 6.31. The molecule has 0 aliphatic rings. The lowest BCUT2D eigenvalue weighted by Gasteiger charge is -2.31. The van der Waals surface area contributed by atoms with Crippen molar-refractivity contribution in [1.29, 1.82) is 0 Å². The number of benzene rings is 1. The number of ether oxygens (including phenoxy) is 1. The van der Waals surface area contributed by atoms with Gasteiger partial charge >= 0.3 is 5.97 Å². The van der Waals surface area contributed by atoms with Gasteiger partial charge in [0.25, 0.3) is 6.43 Å². The van der Waals surface area contributed by atoms with Crippen LogP contribution in [0.1, 0.15) is 38.8 Å². The Labute approximate surface area is 123 Å². The summed E-state index contributed by atoms with van der Waals surface area (Å²) in [6, 6.07) is 6.67. The molecule has 0 saturated heterocycles. The van der Waals surface area contributed by atoms with Crippen molar-refractivity contribution in [2.75, 3.05) is 7.11 Å². The molecule has 1 rings (SSSR count). The van der Waals surface area contributed by atoms with E-state index in [1.165, 1.54) is 6.92 Å². The van der Waals surface area contributed by atoms with Gasteiger partial charge in [-0.05, 0) is 23.5 Å². The van der Waals surface area contributed by atoms with Crippen LogP contribution in [0.25, 0.3) is 0 Å². The summed E-state index contributed by atoms with van der Waals surface area (Å²) in [6.07, 6.45) is -3.02. The molecule has 0 saturated carbocycles. The Hall–Kier alpha value is -1.49. The van der Waals surface area contributed by atoms with E-state index in [1.54, 1.807) is 24.3 Å². The average molecular weight is 300 g/mol. The highest BCUT2D eigenvalue weighted by Crippen LogP contribution is 2.35. The molecule has 0 spiro atoms. The van der Waals surface area contributed by atoms with Crippen molar-refractivity contribution < 1.29 is 23.4 Å². The minimum atomic E-state index is -3.02. The number of carbonyl (C=O) groups excluding carboxylic acids is 1. The smallest absolute Gasteiger partial charge is 0.317 e. The van der Waals surface area contributed by atoms with E-state index in [9.17, 15) is 18.7 Å². The lowest BCUT2D eigenvalue weighted by molar-refractivity contribution is -0.167. The molecule has 3 nitrogen and oxygen atoms in total. The Bertz CT molecular complexity index is 487. The summed E-state index contributed by atoms with van der Waals surface area (Å²) >= 11 is 0. The Balaban J connectivity index is 3.19. The third kappa shape index (κ3) is 3.79. The van der Waals surface area contributed by atoms with Crippen LogP contribution in [0.4, 0.5) is 8.78 Å². The molecule has 0 aromatic heterocycles. The first kappa shape index (κ1) is 17.6. The monoisotopic (exact) mass is 300 g/mol. The minimum absolute atomic E-state index is 0.0884. The summed E-state index contributed by atoms with van der Waals surface area (Å²) in [4.78, 5) is 11.5. The second kappa shape index (κ2) is 6.10. The summed E-state index contributed by atoms with van der Waals surface area (Å²) in [5.41, 5.74) is -0.827. The van der Waals surface area contributed by atoms with Crippen molar-refractivity contribution in [3.8, 4) is 0 Å². The first-order valence-corrected chi connectivity index (χ1v) is 6.71. The normalized spacial score (nSPS) is 16.4. The van der Waals surface area contributed by atoms with Gasteiger partial charge < -0.3 is 9.84 Å². The van der Waals surface area contributed by atoms with Crippen LogP contribution in [0.15, 0.2) is 24.3 Å². The van der Waals surface area contributed by atoms with Gasteiger partial charge in [-0.15, -0.1) is 0 Å². The maximum Gasteiger partial charge on any atom is 0.317 e. The molecular formula is C16H22F2O3. The van der Waals surface area contributed by atoms with E-state index >= 15 is 0 Å². The van der Waals surface area contributed by atoms with Crippen LogP contribution in [0.2, 0.25) is 0 Å². The van der Waals surface area contributed by atoms with E-state index in [0.29, 0.717) is 0 Å². The van der Waals surface area contributed by atoms with Crippen molar-refractivity contribution in [2.24, 2.45) is 5.92 Å². The summed E-state index contributed by atoms with van der Waals surface area (Å²) in [6.45, 7) is 7.27. The number of hydrogen-bond donors (Lipinski definition) is 1. The van der Waals surface area contributed by atoms with Gasteiger partial charge in [0, 0.05) is 0 Å². The molecule has 2 unspecified atom stereocenters. The fourth-order valence-corrected chi connectivity index (χ4v) is 2.19. The summed E-state index contributed by atoms with van der Waals surface area (Å²) in [5, 5.41) is 10.4. The van der Waals surface area contributed by atoms with Gasteiger partial charge in [-0.25, -0.2) is 8.78 Å². The van der Waals surface area contributed by atoms with Gasteiger partial charge in [-0.2, -0.15) is 0 Å². The molecular weight excluding hydrogens is 278 g/mol. The fraction of sp³-hybridized carbons (Fsp3) is 0.562. The Kier molecular flexibility index (Phi) is 5.10. The van der Waals surface area contributed by atoms with Crippen LogP contribution < -0.4 is 0 Å². The van der Waals surface area contributed by atoms with Crippen molar-refractivity contribution in [3.63, 3.8) is 0 Å². The predicted octanol–water partition coefficient (Wildman–Crippen LogP) is 3.25. The second-order valence-corrected chi connectivity index (χ2v) is 6.31. The van der Waals surface area contributed by atoms with Gasteiger partial charge in [0.05, 0.1) is 7.11 Å². The molecule has 1 aromatic carbocycles. The molecule has 0 fully saturated rings. The lowest BCUT2D eigenvalue weighted by atomic mass is 9.80. The van der Waals surface area contributed by atoms with E-state index in [2.05, 4.69) is 4.74 Å². The zero-order valence-electron chi connectivity index (χ0n) is 13.0. The summed E-state index contributed by atoms with van der Waals surface area (Å²) in [5.74, 6) is -3.06. The zero-order chi connectivity index (χ0) is 16.4. The highest BCUT2D eigenvalue weighted by Gasteiger charge is 2.46. The van der Waals surface area contributed by atoms with Gasteiger partial charge in [0.2, 0.25) is 0 Å². The Morgan fingerprint density at radius 3 is 1.86 bits per heavy atom. The van der Waals surface area contributed by atoms with Gasteiger partial charge in [0.1, 0.15) is 11.5 Å². The molecule has 0 bridgehead atoms. The van der Waals surface area contributed by atoms with Crippen LogP contribution in [0.5, 0.6) is 0 Å². The van der Waals surface area contributed by atoms with Crippen LogP contribution in [0, 0.1) is 5.92 Å². The minimum Gasteiger partial charge on any atom is -0.469 e. The van der Waals surface area contributed by atoms with Crippen LogP contribution >= 0.6 is 0 Å². The maximum atomic E-state index is 13.1. The van der Waals surface area contributed by atoms with E-state index in [-0.39, 0.29) is 11.0 Å². The number of aliphatic hydroxyl groups is 1. The predicted molar refractivity (Wildman–Crippen MR) is 76.2 cm³/mol. The number of carbonyl (C=O) groups is 1. The molecule has 1 N–H and O–H groups in total. The standard InChI is InChI=1S/C16H22F2O3/c1-15(2,3)10-6-8-11(9-7-10)16(4,20)12(13(17)18)14(19)21-5/h6-9,12-13,20H,1-5H3. The molecule has 1 aromatic rings. The topological polar surface area (TPSA) is 46.5 Å². The number of esters is 1.